The monoisotopic (exact) mass is 783 g/mol. The highest BCUT2D eigenvalue weighted by atomic mass is 16.7. The SMILES string of the molecule is CC/C=C\C/C=C\C/C=C\C/C=C\C/C=C\C/C=C\C/C=C\C/C=C\CCCCCCCCCCCCC(=O)OCC(O)COC(OCC[N+](C)(C)C)C(=O)O. The van der Waals surface area contributed by atoms with E-state index in [9.17, 15) is 19.8 Å². The highest BCUT2D eigenvalue weighted by Gasteiger charge is 2.22. The van der Waals surface area contributed by atoms with E-state index >= 15 is 0 Å². The van der Waals surface area contributed by atoms with Crippen LogP contribution < -0.4 is 0 Å². The molecular weight excluding hydrogens is 703 g/mol. The van der Waals surface area contributed by atoms with Crippen LogP contribution in [0.25, 0.3) is 0 Å². The maximum absolute atomic E-state index is 12.0. The maximum atomic E-state index is 12.0. The number of quaternary nitrogens is 1. The molecular formula is C48H80NO7+. The Balaban J connectivity index is 3.58. The van der Waals surface area contributed by atoms with Crippen LogP contribution in [0.1, 0.15) is 135 Å². The van der Waals surface area contributed by atoms with Crippen molar-refractivity contribution in [1.82, 2.24) is 0 Å². The Labute approximate surface area is 342 Å². The molecule has 0 aromatic heterocycles. The van der Waals surface area contributed by atoms with E-state index in [0.29, 0.717) is 17.4 Å². The lowest BCUT2D eigenvalue weighted by Gasteiger charge is -2.24. The fourth-order valence-corrected chi connectivity index (χ4v) is 5.26. The molecule has 2 N–H and O–H groups in total. The summed E-state index contributed by atoms with van der Waals surface area (Å²) in [5.41, 5.74) is 0. The first kappa shape index (κ1) is 52.7. The molecule has 0 fully saturated rings. The minimum atomic E-state index is -1.47. The number of carboxylic acid groups (broad SMARTS) is 1. The molecule has 0 spiro atoms. The van der Waals surface area contributed by atoms with Gasteiger partial charge in [-0.2, -0.15) is 0 Å². The molecule has 8 nitrogen and oxygen atoms in total. The van der Waals surface area contributed by atoms with E-state index in [1.54, 1.807) is 0 Å². The molecule has 0 aromatic carbocycles. The number of carbonyl (C=O) groups is 2. The van der Waals surface area contributed by atoms with Crippen LogP contribution in [-0.2, 0) is 23.8 Å². The Hall–Kier alpha value is -3.30. The molecule has 0 saturated carbocycles. The molecule has 0 saturated heterocycles. The largest absolute Gasteiger partial charge is 0.477 e. The van der Waals surface area contributed by atoms with E-state index < -0.39 is 18.4 Å². The number of aliphatic hydroxyl groups is 1. The van der Waals surface area contributed by atoms with Gasteiger partial charge in [0.05, 0.1) is 34.4 Å². The number of likely N-dealkylation sites (N-methyl/N-ethyl adjacent to an activating group) is 1. The van der Waals surface area contributed by atoms with Crippen molar-refractivity contribution < 1.29 is 38.5 Å². The van der Waals surface area contributed by atoms with Crippen LogP contribution in [0.4, 0.5) is 0 Å². The second-order valence-corrected chi connectivity index (χ2v) is 15.1. The van der Waals surface area contributed by atoms with E-state index in [-0.39, 0.29) is 25.8 Å². The number of unbranched alkanes of at least 4 members (excludes halogenated alkanes) is 10. The van der Waals surface area contributed by atoms with E-state index in [4.69, 9.17) is 14.2 Å². The molecule has 2 atom stereocenters. The number of rotatable bonds is 38. The zero-order valence-electron chi connectivity index (χ0n) is 35.7. The third-order valence-corrected chi connectivity index (χ3v) is 8.59. The van der Waals surface area contributed by atoms with Gasteiger partial charge in [0.1, 0.15) is 19.3 Å². The molecule has 0 aliphatic heterocycles. The fourth-order valence-electron chi connectivity index (χ4n) is 5.26. The van der Waals surface area contributed by atoms with Crippen molar-refractivity contribution >= 4 is 11.9 Å². The van der Waals surface area contributed by atoms with Gasteiger partial charge >= 0.3 is 11.9 Å². The summed E-state index contributed by atoms with van der Waals surface area (Å²) in [6.45, 7) is 2.45. The molecule has 0 amide bonds. The predicted molar refractivity (Wildman–Crippen MR) is 234 cm³/mol. The smallest absolute Gasteiger partial charge is 0.361 e. The van der Waals surface area contributed by atoms with Crippen LogP contribution in [0.2, 0.25) is 0 Å². The summed E-state index contributed by atoms with van der Waals surface area (Å²) in [6, 6.07) is 0. The maximum Gasteiger partial charge on any atom is 0.361 e. The number of carboxylic acids is 1. The van der Waals surface area contributed by atoms with Gasteiger partial charge in [0.15, 0.2) is 0 Å². The zero-order valence-corrected chi connectivity index (χ0v) is 35.7. The first-order chi connectivity index (χ1) is 27.2. The average molecular weight is 783 g/mol. The normalized spacial score (nSPS) is 14.1. The number of hydrogen-bond donors (Lipinski definition) is 2. The lowest BCUT2D eigenvalue weighted by atomic mass is 10.1. The summed E-state index contributed by atoms with van der Waals surface area (Å²) in [4.78, 5) is 23.3. The standard InChI is InChI=1S/C48H79NO7/c1-5-6-7-8-9-10-11-12-13-14-15-16-17-18-19-20-21-22-23-24-25-26-27-28-29-30-31-32-33-34-35-36-37-38-39-40-46(51)55-43-45(50)44-56-48(47(52)53)54-42-41-49(2,3)4/h6-7,9-10,12-13,15-16,18-19,21-22,24-25,27-28,45,48,50H,5,8,11,14,17,20,23,26,29-44H2,1-4H3/p+1/b7-6-,10-9-,13-12-,16-15-,19-18-,22-21-,25-24-,28-27-. The number of esters is 1. The van der Waals surface area contributed by atoms with Gasteiger partial charge in [0.2, 0.25) is 0 Å². The molecule has 318 valence electrons. The molecule has 2 unspecified atom stereocenters. The van der Waals surface area contributed by atoms with E-state index in [1.165, 1.54) is 44.9 Å². The number of carbonyl (C=O) groups excluding carboxylic acids is 1. The molecule has 56 heavy (non-hydrogen) atoms. The summed E-state index contributed by atoms with van der Waals surface area (Å²) in [6.07, 6.45) is 54.5. The highest BCUT2D eigenvalue weighted by molar-refractivity contribution is 5.70. The number of aliphatic carboxylic acids is 1. The van der Waals surface area contributed by atoms with Gasteiger partial charge in [-0.15, -0.1) is 0 Å². The van der Waals surface area contributed by atoms with Crippen LogP contribution in [0, 0.1) is 0 Å². The van der Waals surface area contributed by atoms with Gasteiger partial charge in [0.25, 0.3) is 6.29 Å². The van der Waals surface area contributed by atoms with Crippen LogP contribution >= 0.6 is 0 Å². The highest BCUT2D eigenvalue weighted by Crippen LogP contribution is 2.13. The van der Waals surface area contributed by atoms with E-state index in [2.05, 4.69) is 104 Å². The number of aliphatic hydroxyl groups excluding tert-OH is 1. The lowest BCUT2D eigenvalue weighted by molar-refractivity contribution is -0.870. The van der Waals surface area contributed by atoms with Crippen molar-refractivity contribution in [3.05, 3.63) is 97.2 Å². The summed E-state index contributed by atoms with van der Waals surface area (Å²) in [7, 11) is 5.91. The summed E-state index contributed by atoms with van der Waals surface area (Å²) in [5.74, 6) is -1.62. The van der Waals surface area contributed by atoms with Gasteiger partial charge in [-0.3, -0.25) is 4.79 Å². The molecule has 0 heterocycles. The van der Waals surface area contributed by atoms with E-state index in [1.807, 2.05) is 21.1 Å². The second-order valence-electron chi connectivity index (χ2n) is 15.1. The Morgan fingerprint density at radius 3 is 1.34 bits per heavy atom. The average Bonchev–Trinajstić information content (AvgIpc) is 3.16. The Morgan fingerprint density at radius 1 is 0.536 bits per heavy atom. The topological polar surface area (TPSA) is 102 Å². The van der Waals surface area contributed by atoms with Crippen LogP contribution in [0.15, 0.2) is 97.2 Å². The van der Waals surface area contributed by atoms with Crippen molar-refractivity contribution in [2.24, 2.45) is 0 Å². The third kappa shape index (κ3) is 41.9. The van der Waals surface area contributed by atoms with E-state index in [0.717, 1.165) is 77.0 Å². The van der Waals surface area contributed by atoms with Crippen LogP contribution in [-0.4, -0.2) is 86.5 Å². The molecule has 0 rings (SSSR count). The Bertz CT molecular complexity index is 1170. The molecule has 0 radical (unpaired) electrons. The first-order valence-electron chi connectivity index (χ1n) is 21.5. The first-order valence-corrected chi connectivity index (χ1v) is 21.5. The van der Waals surface area contributed by atoms with Gasteiger partial charge in [-0.05, 0) is 70.6 Å². The Morgan fingerprint density at radius 2 is 0.929 bits per heavy atom. The van der Waals surface area contributed by atoms with Crippen molar-refractivity contribution in [3.63, 3.8) is 0 Å². The van der Waals surface area contributed by atoms with Crippen molar-refractivity contribution in [2.75, 3.05) is 47.5 Å². The second kappa shape index (κ2) is 39.9. The summed E-state index contributed by atoms with van der Waals surface area (Å²) < 4.78 is 16.2. The predicted octanol–water partition coefficient (Wildman–Crippen LogP) is 11.3. The van der Waals surface area contributed by atoms with Gasteiger partial charge in [-0.1, -0.05) is 156 Å². The Kier molecular flexibility index (Phi) is 37.6. The summed E-state index contributed by atoms with van der Waals surface area (Å²) in [5, 5.41) is 19.3. The number of allylic oxidation sites excluding steroid dienone is 16. The molecule has 0 aromatic rings. The lowest BCUT2D eigenvalue weighted by Crippen LogP contribution is -2.40. The zero-order chi connectivity index (χ0) is 41.2. The summed E-state index contributed by atoms with van der Waals surface area (Å²) >= 11 is 0. The number of ether oxygens (including phenoxy) is 3. The molecule has 0 aliphatic rings. The van der Waals surface area contributed by atoms with Gasteiger partial charge < -0.3 is 28.9 Å². The third-order valence-electron chi connectivity index (χ3n) is 8.59. The van der Waals surface area contributed by atoms with Gasteiger partial charge in [-0.25, -0.2) is 4.79 Å². The van der Waals surface area contributed by atoms with Crippen molar-refractivity contribution in [1.29, 1.82) is 0 Å². The quantitative estimate of drug-likeness (QED) is 0.0211. The minimum Gasteiger partial charge on any atom is -0.477 e. The number of nitrogens with zero attached hydrogens (tertiary/aromatic N) is 1. The van der Waals surface area contributed by atoms with Crippen molar-refractivity contribution in [3.8, 4) is 0 Å². The fraction of sp³-hybridized carbons (Fsp3) is 0.625. The van der Waals surface area contributed by atoms with Crippen LogP contribution in [0.5, 0.6) is 0 Å². The molecule has 0 aliphatic carbocycles. The number of hydrogen-bond acceptors (Lipinski definition) is 6. The van der Waals surface area contributed by atoms with Crippen LogP contribution in [0.3, 0.4) is 0 Å². The molecule has 0 bridgehead atoms. The van der Waals surface area contributed by atoms with Crippen molar-refractivity contribution in [2.45, 2.75) is 148 Å². The van der Waals surface area contributed by atoms with Gasteiger partial charge in [0, 0.05) is 6.42 Å². The molecule has 8 heteroatoms. The minimum absolute atomic E-state index is 0.205.